The van der Waals surface area contributed by atoms with Crippen molar-refractivity contribution >= 4 is 17.4 Å². The Labute approximate surface area is 102 Å². The summed E-state index contributed by atoms with van der Waals surface area (Å²) in [6.45, 7) is 5.13. The van der Waals surface area contributed by atoms with Crippen LogP contribution in [-0.2, 0) is 8.85 Å². The SMILES string of the molecule is CO[SiH](OC)[SiH](N1CCCC1)N1CCCC1. The molecule has 2 heterocycles. The fraction of sp³-hybridized carbons (Fsp3) is 1.00. The number of nitrogens with zero attached hydrogens (tertiary/aromatic N) is 2. The zero-order valence-corrected chi connectivity index (χ0v) is 12.8. The zero-order chi connectivity index (χ0) is 11.4. The Kier molecular flexibility index (Phi) is 4.99. The van der Waals surface area contributed by atoms with E-state index in [1.54, 1.807) is 0 Å². The van der Waals surface area contributed by atoms with E-state index >= 15 is 0 Å². The molecule has 4 nitrogen and oxygen atoms in total. The van der Waals surface area contributed by atoms with Crippen molar-refractivity contribution in [3.05, 3.63) is 0 Å². The minimum atomic E-state index is -1.42. The fourth-order valence-corrected chi connectivity index (χ4v) is 11.9. The summed E-state index contributed by atoms with van der Waals surface area (Å²) >= 11 is 0. The van der Waals surface area contributed by atoms with E-state index in [9.17, 15) is 0 Å². The Morgan fingerprint density at radius 3 is 1.44 bits per heavy atom. The zero-order valence-electron chi connectivity index (χ0n) is 10.5. The molecule has 0 aromatic rings. The van der Waals surface area contributed by atoms with Gasteiger partial charge in [0.25, 0.3) is 0 Å². The van der Waals surface area contributed by atoms with Crippen molar-refractivity contribution in [3.63, 3.8) is 0 Å². The molecule has 0 radical (unpaired) electrons. The van der Waals surface area contributed by atoms with Crippen LogP contribution in [0.25, 0.3) is 0 Å². The van der Waals surface area contributed by atoms with Crippen LogP contribution in [0.1, 0.15) is 25.7 Å². The molecular formula is C10H24N2O2Si2. The standard InChI is InChI=1S/C10H24N2O2Si2/c1-13-16(14-2)15(11-7-3-4-8-11)12-9-5-6-10-12/h15-16H,3-10H2,1-2H3. The third-order valence-corrected chi connectivity index (χ3v) is 13.3. The quantitative estimate of drug-likeness (QED) is 0.649. The minimum Gasteiger partial charge on any atom is -0.401 e. The summed E-state index contributed by atoms with van der Waals surface area (Å²) in [6, 6.07) is 0. The number of hydrogen-bond donors (Lipinski definition) is 0. The molecule has 0 amide bonds. The molecular weight excluding hydrogens is 236 g/mol. The summed E-state index contributed by atoms with van der Waals surface area (Å²) in [7, 11) is 1.16. The Morgan fingerprint density at radius 2 is 1.12 bits per heavy atom. The highest BCUT2D eigenvalue weighted by atomic mass is 29.2. The van der Waals surface area contributed by atoms with Crippen LogP contribution >= 0.6 is 0 Å². The van der Waals surface area contributed by atoms with Crippen molar-refractivity contribution in [2.75, 3.05) is 40.4 Å². The van der Waals surface area contributed by atoms with Crippen molar-refractivity contribution < 1.29 is 8.85 Å². The lowest BCUT2D eigenvalue weighted by Gasteiger charge is -2.36. The molecule has 0 aliphatic carbocycles. The lowest BCUT2D eigenvalue weighted by atomic mass is 10.4. The maximum atomic E-state index is 5.68. The maximum Gasteiger partial charge on any atom is 0.333 e. The molecule has 16 heavy (non-hydrogen) atoms. The molecule has 6 heteroatoms. The van der Waals surface area contributed by atoms with Crippen molar-refractivity contribution in [3.8, 4) is 0 Å². The Bertz CT molecular complexity index is 186. The second-order valence-electron chi connectivity index (χ2n) is 4.74. The van der Waals surface area contributed by atoms with Gasteiger partial charge in [-0.3, -0.25) is 0 Å². The van der Waals surface area contributed by atoms with E-state index in [1.807, 2.05) is 14.2 Å². The highest BCUT2D eigenvalue weighted by Gasteiger charge is 2.40. The summed E-state index contributed by atoms with van der Waals surface area (Å²) in [6.07, 6.45) is 5.47. The third kappa shape index (κ3) is 2.74. The first-order valence-corrected chi connectivity index (χ1v) is 11.0. The summed E-state index contributed by atoms with van der Waals surface area (Å²) in [5, 5.41) is 0. The first kappa shape index (κ1) is 12.7. The average Bonchev–Trinajstić information content (AvgIpc) is 2.98. The van der Waals surface area contributed by atoms with Crippen LogP contribution < -0.4 is 0 Å². The van der Waals surface area contributed by atoms with E-state index in [0.29, 0.717) is 0 Å². The molecule has 0 saturated carbocycles. The molecule has 2 aliphatic heterocycles. The van der Waals surface area contributed by atoms with E-state index in [-0.39, 0.29) is 0 Å². The Hall–Kier alpha value is 0.274. The second-order valence-corrected chi connectivity index (χ2v) is 12.1. The lowest BCUT2D eigenvalue weighted by Crippen LogP contribution is -2.61. The maximum absolute atomic E-state index is 5.68. The smallest absolute Gasteiger partial charge is 0.333 e. The van der Waals surface area contributed by atoms with Crippen LogP contribution in [-0.4, -0.2) is 67.0 Å². The van der Waals surface area contributed by atoms with Gasteiger partial charge in [0.2, 0.25) is 8.64 Å². The molecule has 0 N–H and O–H groups in total. The highest BCUT2D eigenvalue weighted by Crippen LogP contribution is 2.18. The van der Waals surface area contributed by atoms with E-state index in [1.165, 1.54) is 51.9 Å². The third-order valence-electron chi connectivity index (χ3n) is 3.74. The molecule has 0 unspecified atom stereocenters. The highest BCUT2D eigenvalue weighted by molar-refractivity contribution is 7.14. The van der Waals surface area contributed by atoms with Gasteiger partial charge in [0.15, 0.2) is 0 Å². The van der Waals surface area contributed by atoms with Gasteiger partial charge in [0.1, 0.15) is 0 Å². The van der Waals surface area contributed by atoms with Crippen molar-refractivity contribution in [1.82, 2.24) is 9.13 Å². The van der Waals surface area contributed by atoms with Gasteiger partial charge < -0.3 is 18.0 Å². The van der Waals surface area contributed by atoms with E-state index in [0.717, 1.165) is 0 Å². The van der Waals surface area contributed by atoms with Crippen LogP contribution in [0, 0.1) is 0 Å². The molecule has 94 valence electrons. The summed E-state index contributed by atoms with van der Waals surface area (Å²) in [5.74, 6) is 0. The molecule has 2 rings (SSSR count). The normalized spacial score (nSPS) is 24.0. The Balaban J connectivity index is 2.03. The first-order valence-electron chi connectivity index (χ1n) is 6.40. The van der Waals surface area contributed by atoms with E-state index < -0.39 is 17.4 Å². The number of rotatable bonds is 5. The van der Waals surface area contributed by atoms with Gasteiger partial charge >= 0.3 is 8.80 Å². The molecule has 0 spiro atoms. The molecule has 2 aliphatic rings. The van der Waals surface area contributed by atoms with Crippen LogP contribution in [0.15, 0.2) is 0 Å². The average molecular weight is 260 g/mol. The van der Waals surface area contributed by atoms with Crippen LogP contribution in [0.5, 0.6) is 0 Å². The predicted octanol–water partition coefficient (Wildman–Crippen LogP) is -0.00980. The van der Waals surface area contributed by atoms with Crippen LogP contribution in [0.4, 0.5) is 0 Å². The Morgan fingerprint density at radius 1 is 0.750 bits per heavy atom. The van der Waals surface area contributed by atoms with Crippen molar-refractivity contribution in [2.24, 2.45) is 0 Å². The van der Waals surface area contributed by atoms with Gasteiger partial charge in [-0.25, -0.2) is 0 Å². The number of hydrogen-bond acceptors (Lipinski definition) is 4. The van der Waals surface area contributed by atoms with Gasteiger partial charge in [-0.2, -0.15) is 0 Å². The molecule has 0 bridgehead atoms. The largest absolute Gasteiger partial charge is 0.401 e. The molecule has 0 atom stereocenters. The predicted molar refractivity (Wildman–Crippen MR) is 69.9 cm³/mol. The van der Waals surface area contributed by atoms with Crippen molar-refractivity contribution in [2.45, 2.75) is 25.7 Å². The minimum absolute atomic E-state index is 1.09. The van der Waals surface area contributed by atoms with Gasteiger partial charge in [-0.05, 0) is 51.9 Å². The summed E-state index contributed by atoms with van der Waals surface area (Å²) in [4.78, 5) is 0. The van der Waals surface area contributed by atoms with Gasteiger partial charge in [-0.15, -0.1) is 0 Å². The lowest BCUT2D eigenvalue weighted by molar-refractivity contribution is 0.284. The summed E-state index contributed by atoms with van der Waals surface area (Å²) in [5.41, 5.74) is 0. The molecule has 0 aromatic heterocycles. The van der Waals surface area contributed by atoms with Crippen LogP contribution in [0.2, 0.25) is 0 Å². The van der Waals surface area contributed by atoms with Gasteiger partial charge in [0, 0.05) is 14.2 Å². The fourth-order valence-electron chi connectivity index (χ4n) is 2.93. The topological polar surface area (TPSA) is 24.9 Å². The van der Waals surface area contributed by atoms with Gasteiger partial charge in [-0.1, -0.05) is 0 Å². The molecule has 0 aromatic carbocycles. The molecule has 2 saturated heterocycles. The first-order chi connectivity index (χ1) is 7.86. The van der Waals surface area contributed by atoms with E-state index in [4.69, 9.17) is 8.85 Å². The molecule has 2 fully saturated rings. The van der Waals surface area contributed by atoms with Crippen molar-refractivity contribution in [1.29, 1.82) is 0 Å². The van der Waals surface area contributed by atoms with E-state index in [2.05, 4.69) is 9.13 Å². The van der Waals surface area contributed by atoms with Gasteiger partial charge in [0.05, 0.1) is 0 Å². The second kappa shape index (κ2) is 6.27. The summed E-state index contributed by atoms with van der Waals surface area (Å²) < 4.78 is 16.8. The van der Waals surface area contributed by atoms with Crippen LogP contribution in [0.3, 0.4) is 0 Å². The monoisotopic (exact) mass is 260 g/mol.